The highest BCUT2D eigenvalue weighted by atomic mass is 35.5. The number of anilines is 1. The van der Waals surface area contributed by atoms with Crippen molar-refractivity contribution in [1.82, 2.24) is 10.6 Å². The second-order valence-corrected chi connectivity index (χ2v) is 10.2. The molecule has 0 saturated carbocycles. The maximum absolute atomic E-state index is 12.9. The number of fused-ring (bicyclic) bond motifs is 1. The average Bonchev–Trinajstić information content (AvgIpc) is 3.23. The van der Waals surface area contributed by atoms with Crippen LogP contribution < -0.4 is 16.0 Å². The highest BCUT2D eigenvalue weighted by molar-refractivity contribution is 7.90. The lowest BCUT2D eigenvalue weighted by molar-refractivity contribution is 0.249. The maximum Gasteiger partial charge on any atom is 0.319 e. The fraction of sp³-hybridized carbons (Fsp3) is 0.208. The maximum atomic E-state index is 12.9. The van der Waals surface area contributed by atoms with Crippen LogP contribution in [0.25, 0.3) is 0 Å². The number of rotatable bonds is 6. The smallest absolute Gasteiger partial charge is 0.319 e. The molecule has 3 aromatic carbocycles. The second kappa shape index (κ2) is 9.32. The number of hydrogen-bond donors (Lipinski definition) is 3. The van der Waals surface area contributed by atoms with Crippen molar-refractivity contribution in [2.75, 3.05) is 5.32 Å². The van der Waals surface area contributed by atoms with E-state index in [1.54, 1.807) is 18.2 Å². The molecule has 0 saturated heterocycles. The van der Waals surface area contributed by atoms with E-state index in [1.807, 2.05) is 43.3 Å². The molecule has 166 valence electrons. The van der Waals surface area contributed by atoms with Crippen LogP contribution in [0.1, 0.15) is 35.2 Å². The predicted molar refractivity (Wildman–Crippen MR) is 126 cm³/mol. The summed E-state index contributed by atoms with van der Waals surface area (Å²) in [5, 5.41) is 9.41. The van der Waals surface area contributed by atoms with Gasteiger partial charge in [0.05, 0.1) is 16.7 Å². The van der Waals surface area contributed by atoms with Gasteiger partial charge in [-0.3, -0.25) is 0 Å². The molecule has 4 rings (SSSR count). The molecule has 1 unspecified atom stereocenters. The van der Waals surface area contributed by atoms with E-state index >= 15 is 0 Å². The van der Waals surface area contributed by atoms with Gasteiger partial charge in [-0.25, -0.2) is 13.2 Å². The summed E-state index contributed by atoms with van der Waals surface area (Å²) in [5.74, 6) is -0.137. The zero-order chi connectivity index (χ0) is 22.7. The molecule has 1 heterocycles. The molecule has 0 radical (unpaired) electrons. The summed E-state index contributed by atoms with van der Waals surface area (Å²) in [6.07, 6.45) is 0. The number of hydrogen-bond acceptors (Lipinski definition) is 4. The molecule has 1 atom stereocenters. The quantitative estimate of drug-likeness (QED) is 0.484. The van der Waals surface area contributed by atoms with Gasteiger partial charge in [0.25, 0.3) is 0 Å². The number of benzene rings is 3. The largest absolute Gasteiger partial charge is 0.331 e. The molecule has 3 aromatic rings. The third-order valence-corrected chi connectivity index (χ3v) is 7.48. The Morgan fingerprint density at radius 1 is 1.06 bits per heavy atom. The van der Waals surface area contributed by atoms with Crippen LogP contribution in [-0.4, -0.2) is 14.4 Å². The Kier molecular flexibility index (Phi) is 6.50. The molecule has 32 heavy (non-hydrogen) atoms. The van der Waals surface area contributed by atoms with Crippen LogP contribution in [0.3, 0.4) is 0 Å². The van der Waals surface area contributed by atoms with E-state index in [0.29, 0.717) is 29.4 Å². The van der Waals surface area contributed by atoms with Gasteiger partial charge < -0.3 is 16.0 Å². The summed E-state index contributed by atoms with van der Waals surface area (Å²) >= 11 is 6.31. The van der Waals surface area contributed by atoms with Crippen molar-refractivity contribution >= 4 is 33.2 Å². The molecular formula is C24H24ClN3O3S. The lowest BCUT2D eigenvalue weighted by Crippen LogP contribution is -2.31. The fourth-order valence-corrected chi connectivity index (χ4v) is 5.41. The Balaban J connectivity index is 1.40. The lowest BCUT2D eigenvalue weighted by Gasteiger charge is -2.15. The summed E-state index contributed by atoms with van der Waals surface area (Å²) in [5.41, 5.74) is 4.23. The topological polar surface area (TPSA) is 87.3 Å². The van der Waals surface area contributed by atoms with Crippen molar-refractivity contribution in [1.29, 1.82) is 0 Å². The minimum atomic E-state index is -3.56. The minimum Gasteiger partial charge on any atom is -0.331 e. The molecule has 0 aliphatic carbocycles. The van der Waals surface area contributed by atoms with Gasteiger partial charge in [-0.1, -0.05) is 48.0 Å². The summed E-state index contributed by atoms with van der Waals surface area (Å²) in [7, 11) is -3.56. The Labute approximate surface area is 192 Å². The third kappa shape index (κ3) is 5.12. The van der Waals surface area contributed by atoms with Crippen LogP contribution in [0, 0.1) is 0 Å². The van der Waals surface area contributed by atoms with E-state index < -0.39 is 9.84 Å². The number of urea groups is 1. The number of carbonyl (C=O) groups excluding carboxylic acids is 1. The summed E-state index contributed by atoms with van der Waals surface area (Å²) in [6, 6.07) is 18.9. The summed E-state index contributed by atoms with van der Waals surface area (Å²) in [6.45, 7) is 3.29. The molecule has 0 aromatic heterocycles. The number of carbonyl (C=O) groups is 1. The molecule has 1 aliphatic heterocycles. The molecule has 3 N–H and O–H groups in total. The van der Waals surface area contributed by atoms with Crippen LogP contribution >= 0.6 is 11.6 Å². The molecule has 6 nitrogen and oxygen atoms in total. The van der Waals surface area contributed by atoms with Gasteiger partial charge in [-0.15, -0.1) is 0 Å². The predicted octanol–water partition coefficient (Wildman–Crippen LogP) is 4.80. The minimum absolute atomic E-state index is 0.137. The highest BCUT2D eigenvalue weighted by Gasteiger charge is 2.20. The van der Waals surface area contributed by atoms with Crippen LogP contribution in [0.4, 0.5) is 10.5 Å². The van der Waals surface area contributed by atoms with Gasteiger partial charge >= 0.3 is 6.03 Å². The van der Waals surface area contributed by atoms with E-state index in [9.17, 15) is 13.2 Å². The molecule has 8 heteroatoms. The van der Waals surface area contributed by atoms with Crippen LogP contribution in [0.2, 0.25) is 5.02 Å². The molecule has 0 fully saturated rings. The first-order chi connectivity index (χ1) is 15.3. The second-order valence-electron chi connectivity index (χ2n) is 7.83. The van der Waals surface area contributed by atoms with Crippen molar-refractivity contribution in [3.63, 3.8) is 0 Å². The SMILES string of the molecule is CC(NC(=O)Nc1ccc(S(=O)(=O)Cc2cc(Cl)c3c(c2)CNC3)cc1)c1ccccc1. The lowest BCUT2D eigenvalue weighted by atomic mass is 10.1. The molecule has 0 bridgehead atoms. The van der Waals surface area contributed by atoms with E-state index in [1.165, 1.54) is 12.1 Å². The number of sulfone groups is 1. The number of nitrogens with one attached hydrogen (secondary N) is 3. The Bertz CT molecular complexity index is 1230. The summed E-state index contributed by atoms with van der Waals surface area (Å²) in [4.78, 5) is 12.5. The Morgan fingerprint density at radius 3 is 2.50 bits per heavy atom. The van der Waals surface area contributed by atoms with Crippen molar-refractivity contribution in [3.05, 3.63) is 94.0 Å². The monoisotopic (exact) mass is 469 g/mol. The summed E-state index contributed by atoms with van der Waals surface area (Å²) < 4.78 is 25.8. The van der Waals surface area contributed by atoms with Crippen molar-refractivity contribution < 1.29 is 13.2 Å². The van der Waals surface area contributed by atoms with Gasteiger partial charge in [0.15, 0.2) is 9.84 Å². The zero-order valence-corrected chi connectivity index (χ0v) is 19.1. The van der Waals surface area contributed by atoms with E-state index in [2.05, 4.69) is 16.0 Å². The van der Waals surface area contributed by atoms with E-state index in [4.69, 9.17) is 11.6 Å². The average molecular weight is 470 g/mol. The van der Waals surface area contributed by atoms with Crippen LogP contribution in [-0.2, 0) is 28.7 Å². The van der Waals surface area contributed by atoms with Gasteiger partial charge in [-0.05, 0) is 59.5 Å². The van der Waals surface area contributed by atoms with Crippen LogP contribution in [0.5, 0.6) is 0 Å². The first-order valence-electron chi connectivity index (χ1n) is 10.3. The van der Waals surface area contributed by atoms with E-state index in [0.717, 1.165) is 16.7 Å². The number of amides is 2. The molecule has 1 aliphatic rings. The standard InChI is InChI=1S/C24H24ClN3O3S/c1-16(18-5-3-2-4-6-18)27-24(29)28-20-7-9-21(10-8-20)32(30,31)15-17-11-19-13-26-14-22(19)23(25)12-17/h2-12,16,26H,13-15H2,1H3,(H2,27,28,29). The Morgan fingerprint density at radius 2 is 1.78 bits per heavy atom. The third-order valence-electron chi connectivity index (χ3n) is 5.44. The Hall–Kier alpha value is -2.87. The van der Waals surface area contributed by atoms with Gasteiger partial charge in [0, 0.05) is 23.8 Å². The van der Waals surface area contributed by atoms with E-state index in [-0.39, 0.29) is 22.7 Å². The molecule has 2 amide bonds. The first kappa shape index (κ1) is 22.3. The molecule has 0 spiro atoms. The van der Waals surface area contributed by atoms with Crippen molar-refractivity contribution in [2.45, 2.75) is 36.7 Å². The van der Waals surface area contributed by atoms with Crippen molar-refractivity contribution in [2.24, 2.45) is 0 Å². The van der Waals surface area contributed by atoms with Gasteiger partial charge in [0.1, 0.15) is 0 Å². The highest BCUT2D eigenvalue weighted by Crippen LogP contribution is 2.28. The molecular weight excluding hydrogens is 446 g/mol. The van der Waals surface area contributed by atoms with Crippen LogP contribution in [0.15, 0.2) is 71.6 Å². The first-order valence-corrected chi connectivity index (χ1v) is 12.3. The van der Waals surface area contributed by atoms with Gasteiger partial charge in [-0.2, -0.15) is 0 Å². The van der Waals surface area contributed by atoms with Crippen molar-refractivity contribution in [3.8, 4) is 0 Å². The number of halogens is 1. The zero-order valence-electron chi connectivity index (χ0n) is 17.6. The fourth-order valence-electron chi connectivity index (χ4n) is 3.75. The normalized spacial score (nSPS) is 13.9. The van der Waals surface area contributed by atoms with Gasteiger partial charge in [0.2, 0.25) is 0 Å².